The van der Waals surface area contributed by atoms with Gasteiger partial charge in [-0.1, -0.05) is 49.7 Å². The number of hydrogen-bond acceptors (Lipinski definition) is 3. The lowest BCUT2D eigenvalue weighted by Crippen LogP contribution is -2.24. The predicted molar refractivity (Wildman–Crippen MR) is 101 cm³/mol. The molecule has 3 heteroatoms. The predicted octanol–water partition coefficient (Wildman–Crippen LogP) is 6.10. The van der Waals surface area contributed by atoms with Crippen LogP contribution in [-0.4, -0.2) is 17.3 Å². The van der Waals surface area contributed by atoms with E-state index >= 15 is 0 Å². The zero-order chi connectivity index (χ0) is 15.9. The first-order valence-corrected chi connectivity index (χ1v) is 10.2. The molecule has 0 bridgehead atoms. The third-order valence-electron chi connectivity index (χ3n) is 4.17. The van der Waals surface area contributed by atoms with Crippen LogP contribution in [0.25, 0.3) is 0 Å². The molecule has 2 aromatic carbocycles. The van der Waals surface area contributed by atoms with Gasteiger partial charge in [-0.25, -0.2) is 0 Å². The number of thioether (sulfide) groups is 2. The summed E-state index contributed by atoms with van der Waals surface area (Å²) >= 11 is 3.99. The highest BCUT2D eigenvalue weighted by molar-refractivity contribution is 8.17. The second-order valence-electron chi connectivity index (χ2n) is 5.88. The van der Waals surface area contributed by atoms with Gasteiger partial charge in [0, 0.05) is 22.3 Å². The molecule has 1 fully saturated rings. The molecule has 2 atom stereocenters. The molecule has 1 aliphatic rings. The van der Waals surface area contributed by atoms with Gasteiger partial charge in [-0.2, -0.15) is 0 Å². The number of rotatable bonds is 7. The van der Waals surface area contributed by atoms with Crippen LogP contribution in [-0.2, 0) is 4.74 Å². The van der Waals surface area contributed by atoms with Crippen LogP contribution in [0.3, 0.4) is 0 Å². The van der Waals surface area contributed by atoms with Gasteiger partial charge in [0.05, 0.1) is 10.7 Å². The molecule has 3 rings (SSSR count). The minimum absolute atomic E-state index is 0.414. The van der Waals surface area contributed by atoms with Crippen LogP contribution in [0, 0.1) is 5.92 Å². The quantitative estimate of drug-likeness (QED) is 0.443. The van der Waals surface area contributed by atoms with E-state index in [-0.39, 0.29) is 0 Å². The SMILES string of the molecule is CCCC1OCCC1C(Sc1ccccc1)Sc1ccccc1. The lowest BCUT2D eigenvalue weighted by atomic mass is 10.00. The van der Waals surface area contributed by atoms with Crippen molar-refractivity contribution in [3.63, 3.8) is 0 Å². The Hall–Kier alpha value is -0.900. The lowest BCUT2D eigenvalue weighted by Gasteiger charge is -2.27. The molecule has 23 heavy (non-hydrogen) atoms. The normalized spacial score (nSPS) is 21.0. The van der Waals surface area contributed by atoms with E-state index < -0.39 is 0 Å². The minimum Gasteiger partial charge on any atom is -0.378 e. The molecule has 1 saturated heterocycles. The number of hydrogen-bond donors (Lipinski definition) is 0. The van der Waals surface area contributed by atoms with Crippen molar-refractivity contribution >= 4 is 23.5 Å². The highest BCUT2D eigenvalue weighted by Gasteiger charge is 2.35. The van der Waals surface area contributed by atoms with Gasteiger partial charge in [0.1, 0.15) is 0 Å². The summed E-state index contributed by atoms with van der Waals surface area (Å²) in [5.74, 6) is 0.616. The third kappa shape index (κ3) is 4.79. The van der Waals surface area contributed by atoms with Crippen molar-refractivity contribution < 1.29 is 4.74 Å². The molecule has 0 aromatic heterocycles. The maximum atomic E-state index is 6.04. The molecule has 1 nitrogen and oxygen atoms in total. The molecule has 0 N–H and O–H groups in total. The molecule has 2 aromatic rings. The first kappa shape index (κ1) is 16.9. The highest BCUT2D eigenvalue weighted by atomic mass is 32.2. The summed E-state index contributed by atoms with van der Waals surface area (Å²) in [6.07, 6.45) is 3.96. The summed E-state index contributed by atoms with van der Waals surface area (Å²) in [5.41, 5.74) is 0. The van der Waals surface area contributed by atoms with Gasteiger partial charge in [-0.05, 0) is 37.1 Å². The average Bonchev–Trinajstić information content (AvgIpc) is 3.05. The van der Waals surface area contributed by atoms with Crippen LogP contribution in [0.5, 0.6) is 0 Å². The van der Waals surface area contributed by atoms with Crippen LogP contribution < -0.4 is 0 Å². The van der Waals surface area contributed by atoms with Gasteiger partial charge < -0.3 is 4.74 Å². The molecular formula is C20H24OS2. The van der Waals surface area contributed by atoms with E-state index in [1.165, 1.54) is 29.1 Å². The molecule has 122 valence electrons. The van der Waals surface area contributed by atoms with Gasteiger partial charge >= 0.3 is 0 Å². The van der Waals surface area contributed by atoms with Gasteiger partial charge in [0.2, 0.25) is 0 Å². The Morgan fingerprint density at radius 2 is 1.52 bits per heavy atom. The minimum atomic E-state index is 0.414. The standard InChI is InChI=1S/C20H24OS2/c1-2-9-19-18(14-15-21-19)20(22-16-10-5-3-6-11-16)23-17-12-7-4-8-13-17/h3-8,10-13,18-20H,2,9,14-15H2,1H3. The lowest BCUT2D eigenvalue weighted by molar-refractivity contribution is 0.0860. The van der Waals surface area contributed by atoms with Crippen LogP contribution in [0.15, 0.2) is 70.5 Å². The van der Waals surface area contributed by atoms with Crippen LogP contribution in [0.1, 0.15) is 26.2 Å². The monoisotopic (exact) mass is 344 g/mol. The zero-order valence-corrected chi connectivity index (χ0v) is 15.2. The summed E-state index contributed by atoms with van der Waals surface area (Å²) in [4.78, 5) is 2.70. The molecule has 0 radical (unpaired) electrons. The van der Waals surface area contributed by atoms with Crippen LogP contribution >= 0.6 is 23.5 Å². The van der Waals surface area contributed by atoms with Crippen molar-refractivity contribution in [1.29, 1.82) is 0 Å². The average molecular weight is 345 g/mol. The van der Waals surface area contributed by atoms with Crippen molar-refractivity contribution in [3.05, 3.63) is 60.7 Å². The Morgan fingerprint density at radius 3 is 2.04 bits per heavy atom. The Balaban J connectivity index is 1.77. The second-order valence-corrected chi connectivity index (χ2v) is 8.61. The largest absolute Gasteiger partial charge is 0.378 e. The second kappa shape index (κ2) is 8.81. The Morgan fingerprint density at radius 1 is 0.957 bits per heavy atom. The van der Waals surface area contributed by atoms with Crippen molar-refractivity contribution in [3.8, 4) is 0 Å². The molecule has 1 heterocycles. The van der Waals surface area contributed by atoms with Crippen molar-refractivity contribution in [1.82, 2.24) is 0 Å². The Bertz CT molecular complexity index is 531. The van der Waals surface area contributed by atoms with Gasteiger partial charge in [0.25, 0.3) is 0 Å². The smallest absolute Gasteiger partial charge is 0.0650 e. The summed E-state index contributed by atoms with van der Waals surface area (Å²) in [7, 11) is 0. The summed E-state index contributed by atoms with van der Waals surface area (Å²) in [5, 5.41) is 0. The van der Waals surface area contributed by atoms with Gasteiger partial charge in [0.15, 0.2) is 0 Å². The van der Waals surface area contributed by atoms with Gasteiger partial charge in [-0.3, -0.25) is 0 Å². The maximum absolute atomic E-state index is 6.04. The Kier molecular flexibility index (Phi) is 6.49. The van der Waals surface area contributed by atoms with Crippen molar-refractivity contribution in [2.75, 3.05) is 6.61 Å². The Labute approximate surface area is 148 Å². The van der Waals surface area contributed by atoms with Crippen molar-refractivity contribution in [2.45, 2.75) is 46.7 Å². The van der Waals surface area contributed by atoms with E-state index in [0.29, 0.717) is 16.6 Å². The maximum Gasteiger partial charge on any atom is 0.0650 e. The van der Waals surface area contributed by atoms with E-state index in [0.717, 1.165) is 6.61 Å². The third-order valence-corrected chi connectivity index (χ3v) is 7.00. The topological polar surface area (TPSA) is 9.23 Å². The van der Waals surface area contributed by atoms with E-state index in [2.05, 4.69) is 67.6 Å². The molecular weight excluding hydrogens is 320 g/mol. The van der Waals surface area contributed by atoms with E-state index in [1.54, 1.807) is 0 Å². The molecule has 0 aliphatic carbocycles. The number of benzene rings is 2. The zero-order valence-electron chi connectivity index (χ0n) is 13.6. The fourth-order valence-corrected chi connectivity index (χ4v) is 6.02. The summed E-state index contributed by atoms with van der Waals surface area (Å²) in [6.45, 7) is 3.17. The molecule has 0 amide bonds. The van der Waals surface area contributed by atoms with Gasteiger partial charge in [-0.15, -0.1) is 23.5 Å². The van der Waals surface area contributed by atoms with E-state index in [4.69, 9.17) is 4.74 Å². The summed E-state index contributed by atoms with van der Waals surface area (Å²) < 4.78 is 6.53. The van der Waals surface area contributed by atoms with E-state index in [9.17, 15) is 0 Å². The first-order chi connectivity index (χ1) is 11.4. The molecule has 1 aliphatic heterocycles. The fraction of sp³-hybridized carbons (Fsp3) is 0.400. The highest BCUT2D eigenvalue weighted by Crippen LogP contribution is 2.45. The molecule has 0 saturated carbocycles. The molecule has 2 unspecified atom stereocenters. The van der Waals surface area contributed by atoms with E-state index in [1.807, 2.05) is 23.5 Å². The van der Waals surface area contributed by atoms with Crippen molar-refractivity contribution in [2.24, 2.45) is 5.92 Å². The van der Waals surface area contributed by atoms with Crippen LogP contribution in [0.4, 0.5) is 0 Å². The van der Waals surface area contributed by atoms with Crippen LogP contribution in [0.2, 0.25) is 0 Å². The summed E-state index contributed by atoms with van der Waals surface area (Å²) in [6, 6.07) is 21.5. The molecule has 0 spiro atoms. The number of ether oxygens (including phenoxy) is 1. The first-order valence-electron chi connectivity index (χ1n) is 8.42. The fourth-order valence-electron chi connectivity index (χ4n) is 3.02.